The first kappa shape index (κ1) is 21.9. The van der Waals surface area contributed by atoms with Crippen molar-refractivity contribution in [3.63, 3.8) is 0 Å². The molecule has 0 spiro atoms. The summed E-state index contributed by atoms with van der Waals surface area (Å²) in [6.45, 7) is 4.17. The molecular weight excluding hydrogens is 264 g/mol. The Bertz CT molecular complexity index is 463. The van der Waals surface area contributed by atoms with Crippen LogP contribution >= 0.6 is 0 Å². The summed E-state index contributed by atoms with van der Waals surface area (Å²) in [5.41, 5.74) is 2.64. The van der Waals surface area contributed by atoms with Crippen molar-refractivity contribution >= 4 is 0 Å². The summed E-state index contributed by atoms with van der Waals surface area (Å²) in [5.74, 6) is 0. The standard InChI is InChI=1S/2C7H8.C6H6.2CH4/c2*1-7-5-3-2-4-6-7;1-2-4-6-5-3-1;;/h2*2-6H,1H3;1-6H;2*1H4. The molecule has 0 bridgehead atoms. The van der Waals surface area contributed by atoms with Crippen molar-refractivity contribution in [2.75, 3.05) is 0 Å². The van der Waals surface area contributed by atoms with Crippen molar-refractivity contribution in [3.05, 3.63) is 108 Å². The number of rotatable bonds is 0. The van der Waals surface area contributed by atoms with E-state index in [1.54, 1.807) is 0 Å². The lowest BCUT2D eigenvalue weighted by Crippen LogP contribution is -1.62. The highest BCUT2D eigenvalue weighted by atomic mass is 13.8. The number of hydrogen-bond acceptors (Lipinski definition) is 0. The lowest BCUT2D eigenvalue weighted by Gasteiger charge is -1.82. The Morgan fingerprint density at radius 1 is 0.364 bits per heavy atom. The molecule has 22 heavy (non-hydrogen) atoms. The smallest absolute Gasteiger partial charge is 0.0398 e. The molecule has 0 amide bonds. The van der Waals surface area contributed by atoms with Gasteiger partial charge in [-0.2, -0.15) is 0 Å². The van der Waals surface area contributed by atoms with Crippen molar-refractivity contribution in [3.8, 4) is 0 Å². The topological polar surface area (TPSA) is 0 Å². The highest BCUT2D eigenvalue weighted by Gasteiger charge is 1.72. The van der Waals surface area contributed by atoms with Gasteiger partial charge in [0.25, 0.3) is 0 Å². The monoisotopic (exact) mass is 294 g/mol. The Morgan fingerprint density at radius 2 is 0.545 bits per heavy atom. The molecule has 0 radical (unpaired) electrons. The first-order chi connectivity index (χ1) is 9.79. The summed E-state index contributed by atoms with van der Waals surface area (Å²) < 4.78 is 0. The van der Waals surface area contributed by atoms with Gasteiger partial charge >= 0.3 is 0 Å². The second kappa shape index (κ2) is 15.1. The van der Waals surface area contributed by atoms with Crippen molar-refractivity contribution in [2.24, 2.45) is 0 Å². The van der Waals surface area contributed by atoms with E-state index in [4.69, 9.17) is 0 Å². The van der Waals surface area contributed by atoms with Crippen LogP contribution in [-0.2, 0) is 0 Å². The molecule has 0 aliphatic rings. The van der Waals surface area contributed by atoms with Crippen molar-refractivity contribution < 1.29 is 0 Å². The normalized spacial score (nSPS) is 7.73. The highest BCUT2D eigenvalue weighted by molar-refractivity contribution is 5.12. The maximum Gasteiger partial charge on any atom is -0.0398 e. The molecule has 0 heterocycles. The van der Waals surface area contributed by atoms with Crippen LogP contribution in [0.5, 0.6) is 0 Å². The Balaban J connectivity index is 0. The van der Waals surface area contributed by atoms with Gasteiger partial charge < -0.3 is 0 Å². The van der Waals surface area contributed by atoms with Gasteiger partial charge in [-0.05, 0) is 13.8 Å². The predicted molar refractivity (Wildman–Crippen MR) is 102 cm³/mol. The van der Waals surface area contributed by atoms with E-state index in [0.717, 1.165) is 0 Å². The molecule has 0 aromatic heterocycles. The zero-order valence-corrected chi connectivity index (χ0v) is 12.2. The van der Waals surface area contributed by atoms with Gasteiger partial charge in [-0.1, -0.05) is 123 Å². The van der Waals surface area contributed by atoms with Gasteiger partial charge in [-0.25, -0.2) is 0 Å². The van der Waals surface area contributed by atoms with E-state index in [1.165, 1.54) is 11.1 Å². The average molecular weight is 294 g/mol. The lowest BCUT2D eigenvalue weighted by molar-refractivity contribution is 1.48. The van der Waals surface area contributed by atoms with Gasteiger partial charge in [-0.3, -0.25) is 0 Å². The summed E-state index contributed by atoms with van der Waals surface area (Å²) in [6.07, 6.45) is 0. The second-order valence-electron chi connectivity index (χ2n) is 4.46. The first-order valence-electron chi connectivity index (χ1n) is 6.82. The third-order valence-electron chi connectivity index (χ3n) is 2.55. The quantitative estimate of drug-likeness (QED) is 0.421. The molecule has 0 saturated carbocycles. The molecule has 3 rings (SSSR count). The van der Waals surface area contributed by atoms with E-state index >= 15 is 0 Å². The molecule has 0 fully saturated rings. The number of benzene rings is 3. The molecule has 0 atom stereocenters. The molecule has 0 heteroatoms. The molecule has 0 unspecified atom stereocenters. The Hall–Kier alpha value is -2.34. The maximum atomic E-state index is 2.08. The van der Waals surface area contributed by atoms with Gasteiger partial charge in [0.1, 0.15) is 0 Å². The van der Waals surface area contributed by atoms with Crippen molar-refractivity contribution in [1.82, 2.24) is 0 Å². The molecule has 118 valence electrons. The molecule has 0 N–H and O–H groups in total. The van der Waals surface area contributed by atoms with E-state index in [-0.39, 0.29) is 14.9 Å². The Morgan fingerprint density at radius 3 is 0.682 bits per heavy atom. The first-order valence-corrected chi connectivity index (χ1v) is 6.82. The van der Waals surface area contributed by atoms with Gasteiger partial charge in [0, 0.05) is 0 Å². The van der Waals surface area contributed by atoms with E-state index in [0.29, 0.717) is 0 Å². The van der Waals surface area contributed by atoms with Crippen LogP contribution in [0.25, 0.3) is 0 Å². The number of aryl methyl sites for hydroxylation is 2. The molecular formula is C22H30. The van der Waals surface area contributed by atoms with E-state index in [9.17, 15) is 0 Å². The van der Waals surface area contributed by atoms with Crippen LogP contribution in [-0.4, -0.2) is 0 Å². The largest absolute Gasteiger partial charge is 0.0776 e. The summed E-state index contributed by atoms with van der Waals surface area (Å²) in [5, 5.41) is 0. The van der Waals surface area contributed by atoms with Crippen molar-refractivity contribution in [1.29, 1.82) is 0 Å². The minimum atomic E-state index is 0. The maximum absolute atomic E-state index is 2.08. The molecule has 3 aromatic rings. The second-order valence-corrected chi connectivity index (χ2v) is 4.46. The minimum absolute atomic E-state index is 0. The lowest BCUT2D eigenvalue weighted by atomic mass is 10.2. The number of hydrogen-bond donors (Lipinski definition) is 0. The minimum Gasteiger partial charge on any atom is -0.0776 e. The van der Waals surface area contributed by atoms with Crippen LogP contribution in [0, 0.1) is 13.8 Å². The van der Waals surface area contributed by atoms with Crippen LogP contribution < -0.4 is 0 Å². The fourth-order valence-electron chi connectivity index (χ4n) is 1.45. The van der Waals surface area contributed by atoms with Gasteiger partial charge in [0.05, 0.1) is 0 Å². The van der Waals surface area contributed by atoms with E-state index in [1.807, 2.05) is 72.8 Å². The zero-order valence-electron chi connectivity index (χ0n) is 12.2. The SMILES string of the molecule is C.C.Cc1ccccc1.Cc1ccccc1.c1ccccc1. The Labute approximate surface area is 137 Å². The fraction of sp³-hybridized carbons (Fsp3) is 0.182. The molecule has 3 aromatic carbocycles. The van der Waals surface area contributed by atoms with Crippen LogP contribution in [0.2, 0.25) is 0 Å². The van der Waals surface area contributed by atoms with E-state index < -0.39 is 0 Å². The molecule has 0 aliphatic carbocycles. The van der Waals surface area contributed by atoms with Crippen LogP contribution in [0.1, 0.15) is 26.0 Å². The highest BCUT2D eigenvalue weighted by Crippen LogP contribution is 1.92. The fourth-order valence-corrected chi connectivity index (χ4v) is 1.45. The Kier molecular flexibility index (Phi) is 15.0. The molecule has 0 saturated heterocycles. The predicted octanol–water partition coefficient (Wildman–Crippen LogP) is 6.95. The van der Waals surface area contributed by atoms with Gasteiger partial charge in [0.2, 0.25) is 0 Å². The summed E-state index contributed by atoms with van der Waals surface area (Å²) in [7, 11) is 0. The summed E-state index contributed by atoms with van der Waals surface area (Å²) in [4.78, 5) is 0. The van der Waals surface area contributed by atoms with Gasteiger partial charge in [0.15, 0.2) is 0 Å². The van der Waals surface area contributed by atoms with Crippen molar-refractivity contribution in [2.45, 2.75) is 28.7 Å². The van der Waals surface area contributed by atoms with E-state index in [2.05, 4.69) is 38.1 Å². The van der Waals surface area contributed by atoms with Crippen LogP contribution in [0.4, 0.5) is 0 Å². The molecule has 0 nitrogen and oxygen atoms in total. The third-order valence-corrected chi connectivity index (χ3v) is 2.55. The van der Waals surface area contributed by atoms with Crippen LogP contribution in [0.15, 0.2) is 97.1 Å². The summed E-state index contributed by atoms with van der Waals surface area (Å²) >= 11 is 0. The zero-order chi connectivity index (χ0) is 14.5. The van der Waals surface area contributed by atoms with Crippen LogP contribution in [0.3, 0.4) is 0 Å². The summed E-state index contributed by atoms with van der Waals surface area (Å²) in [6, 6.07) is 32.5. The third kappa shape index (κ3) is 12.7. The van der Waals surface area contributed by atoms with Gasteiger partial charge in [-0.15, -0.1) is 0 Å². The average Bonchev–Trinajstić information content (AvgIpc) is 2.52. The molecule has 0 aliphatic heterocycles.